The molecule has 94 heavy (non-hydrogen) atoms. The van der Waals surface area contributed by atoms with E-state index in [9.17, 15) is 43.2 Å². The van der Waals surface area contributed by atoms with Gasteiger partial charge in [-0.05, 0) is 57.3 Å². The largest absolute Gasteiger partial charge is 0.472 e. The molecule has 0 spiro atoms. The molecule has 0 bridgehead atoms. The number of allylic oxidation sites excluding steroid dienone is 4. The van der Waals surface area contributed by atoms with Crippen LogP contribution in [0.4, 0.5) is 0 Å². The number of phosphoric acid groups is 2. The Morgan fingerprint density at radius 3 is 0.872 bits per heavy atom. The topological polar surface area (TPSA) is 237 Å². The van der Waals surface area contributed by atoms with E-state index in [0.29, 0.717) is 31.6 Å². The zero-order chi connectivity index (χ0) is 69.1. The summed E-state index contributed by atoms with van der Waals surface area (Å²) in [6, 6.07) is 0. The minimum absolute atomic E-state index is 0.102. The minimum atomic E-state index is -4.96. The summed E-state index contributed by atoms with van der Waals surface area (Å²) in [5, 5.41) is 10.6. The Morgan fingerprint density at radius 1 is 0.330 bits per heavy atom. The molecule has 0 aromatic carbocycles. The van der Waals surface area contributed by atoms with E-state index in [1.165, 1.54) is 173 Å². The summed E-state index contributed by atoms with van der Waals surface area (Å²) in [6.07, 6.45) is 59.2. The minimum Gasteiger partial charge on any atom is -0.462 e. The normalized spacial score (nSPS) is 14.1. The Balaban J connectivity index is 5.25. The second kappa shape index (κ2) is 67.7. The van der Waals surface area contributed by atoms with Crippen molar-refractivity contribution in [2.24, 2.45) is 5.92 Å². The van der Waals surface area contributed by atoms with E-state index in [2.05, 4.69) is 58.9 Å². The lowest BCUT2D eigenvalue weighted by Crippen LogP contribution is -2.30. The Labute approximate surface area is 573 Å². The monoisotopic (exact) mass is 1380 g/mol. The predicted octanol–water partition coefficient (Wildman–Crippen LogP) is 21.6. The number of aliphatic hydroxyl groups excluding tert-OH is 1. The van der Waals surface area contributed by atoms with Crippen molar-refractivity contribution in [3.63, 3.8) is 0 Å². The highest BCUT2D eigenvalue weighted by atomic mass is 31.2. The highest BCUT2D eigenvalue weighted by molar-refractivity contribution is 7.47. The van der Waals surface area contributed by atoms with Crippen LogP contribution in [-0.4, -0.2) is 96.7 Å². The highest BCUT2D eigenvalue weighted by Gasteiger charge is 2.30. The third-order valence-electron chi connectivity index (χ3n) is 16.9. The number of carbonyl (C=O) groups is 4. The molecule has 0 aromatic rings. The van der Waals surface area contributed by atoms with Crippen molar-refractivity contribution >= 4 is 39.5 Å². The first kappa shape index (κ1) is 91.5. The van der Waals surface area contributed by atoms with Crippen molar-refractivity contribution in [3.05, 3.63) is 24.3 Å². The number of hydrogen-bond donors (Lipinski definition) is 3. The molecule has 0 aliphatic carbocycles. The molecular weight excluding hydrogens is 1230 g/mol. The maximum absolute atomic E-state index is 13.1. The van der Waals surface area contributed by atoms with E-state index in [1.807, 2.05) is 0 Å². The van der Waals surface area contributed by atoms with Gasteiger partial charge in [-0.3, -0.25) is 37.3 Å². The molecule has 5 atom stereocenters. The summed E-state index contributed by atoms with van der Waals surface area (Å²) in [4.78, 5) is 72.7. The number of carbonyl (C=O) groups excluding carboxylic acids is 4. The average molecular weight is 1380 g/mol. The van der Waals surface area contributed by atoms with Crippen molar-refractivity contribution in [1.29, 1.82) is 0 Å². The van der Waals surface area contributed by atoms with Gasteiger partial charge in [-0.2, -0.15) is 0 Å². The Hall–Kier alpha value is -2.46. The number of esters is 4. The quantitative estimate of drug-likeness (QED) is 0.0169. The van der Waals surface area contributed by atoms with Gasteiger partial charge < -0.3 is 33.8 Å². The lowest BCUT2D eigenvalue weighted by molar-refractivity contribution is -0.161. The van der Waals surface area contributed by atoms with E-state index < -0.39 is 97.5 Å². The summed E-state index contributed by atoms with van der Waals surface area (Å²) < 4.78 is 68.4. The molecule has 17 nitrogen and oxygen atoms in total. The highest BCUT2D eigenvalue weighted by Crippen LogP contribution is 2.45. The molecule has 0 saturated carbocycles. The van der Waals surface area contributed by atoms with Gasteiger partial charge in [0.05, 0.1) is 26.4 Å². The van der Waals surface area contributed by atoms with Crippen LogP contribution < -0.4 is 0 Å². The van der Waals surface area contributed by atoms with Crippen molar-refractivity contribution in [2.75, 3.05) is 39.6 Å². The van der Waals surface area contributed by atoms with Gasteiger partial charge in [0.2, 0.25) is 0 Å². The molecule has 0 aliphatic heterocycles. The van der Waals surface area contributed by atoms with E-state index >= 15 is 0 Å². The van der Waals surface area contributed by atoms with Crippen LogP contribution >= 0.6 is 15.6 Å². The van der Waals surface area contributed by atoms with Gasteiger partial charge in [-0.15, -0.1) is 0 Å². The van der Waals surface area contributed by atoms with Gasteiger partial charge in [0.25, 0.3) is 0 Å². The van der Waals surface area contributed by atoms with Gasteiger partial charge in [-0.1, -0.05) is 316 Å². The first-order valence-corrected chi connectivity index (χ1v) is 41.4. The van der Waals surface area contributed by atoms with Crippen LogP contribution in [0, 0.1) is 5.92 Å². The van der Waals surface area contributed by atoms with Crippen LogP contribution in [0.25, 0.3) is 0 Å². The molecule has 0 radical (unpaired) electrons. The van der Waals surface area contributed by atoms with E-state index in [0.717, 1.165) is 109 Å². The van der Waals surface area contributed by atoms with Crippen molar-refractivity contribution < 1.29 is 80.2 Å². The zero-order valence-electron chi connectivity index (χ0n) is 60.6. The zero-order valence-corrected chi connectivity index (χ0v) is 62.4. The maximum Gasteiger partial charge on any atom is 0.472 e. The summed E-state index contributed by atoms with van der Waals surface area (Å²) >= 11 is 0. The summed E-state index contributed by atoms with van der Waals surface area (Å²) in [5.74, 6) is -1.46. The van der Waals surface area contributed by atoms with Gasteiger partial charge >= 0.3 is 39.5 Å². The molecule has 554 valence electrons. The second-order valence-corrected chi connectivity index (χ2v) is 29.7. The second-order valence-electron chi connectivity index (χ2n) is 26.8. The summed E-state index contributed by atoms with van der Waals surface area (Å²) in [6.45, 7) is 7.14. The van der Waals surface area contributed by atoms with Crippen molar-refractivity contribution in [2.45, 2.75) is 387 Å². The van der Waals surface area contributed by atoms with Gasteiger partial charge in [0.1, 0.15) is 19.3 Å². The third kappa shape index (κ3) is 68.1. The molecule has 0 aliphatic rings. The number of ether oxygens (including phenoxy) is 4. The number of phosphoric ester groups is 2. The molecule has 0 rings (SSSR count). The van der Waals surface area contributed by atoms with Crippen LogP contribution in [0.2, 0.25) is 0 Å². The first-order chi connectivity index (χ1) is 45.5. The van der Waals surface area contributed by atoms with Crippen LogP contribution in [-0.2, 0) is 65.4 Å². The van der Waals surface area contributed by atoms with Crippen molar-refractivity contribution in [3.8, 4) is 0 Å². The molecule has 0 amide bonds. The SMILES string of the molecule is CCCCCC/C=C\C=C/CCCCCCCC(=O)OC[C@H](COP(=O)(O)OC[C@@H](O)COP(=O)(O)OC[C@@H](COC(=O)CCCCCCCCCCCC)OC(=O)CCCCCCCCCC(C)C)OC(=O)CCCCCCCCCCCCCCCCCCCCC. The molecular formula is C75H142O17P2. The standard InChI is InChI=1S/C75H142O17P2/c1-6-9-12-15-18-21-24-26-28-29-30-31-33-35-37-40-45-50-55-60-74(79)91-70(64-86-73(78)59-54-49-44-39-36-34-32-27-25-22-19-16-13-10-7-2)66-89-93(81,82)87-62-69(76)63-88-94(83,84)90-67-71(92-75(80)61-56-51-46-41-42-47-52-57-68(4)5)65-85-72(77)58-53-48-43-38-23-20-17-14-11-8-3/h22,25,27,32,68-71,76H,6-21,23-24,26,28-31,33-67H2,1-5H3,(H,81,82)(H,83,84)/b25-22-,32-27-/t69-,70-,71-/m1/s1. The van der Waals surface area contributed by atoms with Crippen molar-refractivity contribution in [1.82, 2.24) is 0 Å². The van der Waals surface area contributed by atoms with Gasteiger partial charge in [0, 0.05) is 25.7 Å². The van der Waals surface area contributed by atoms with Crippen LogP contribution in [0.5, 0.6) is 0 Å². The van der Waals surface area contributed by atoms with Crippen LogP contribution in [0.1, 0.15) is 369 Å². The third-order valence-corrected chi connectivity index (χ3v) is 18.8. The Morgan fingerprint density at radius 2 is 0.574 bits per heavy atom. The predicted molar refractivity (Wildman–Crippen MR) is 381 cm³/mol. The number of rotatable bonds is 73. The Bertz CT molecular complexity index is 1900. The van der Waals surface area contributed by atoms with E-state index in [4.69, 9.17) is 37.0 Å². The molecule has 0 aromatic heterocycles. The molecule has 0 saturated heterocycles. The fraction of sp³-hybridized carbons (Fsp3) is 0.893. The van der Waals surface area contributed by atoms with Gasteiger partial charge in [-0.25, -0.2) is 9.13 Å². The maximum atomic E-state index is 13.1. The number of hydrogen-bond acceptors (Lipinski definition) is 15. The lowest BCUT2D eigenvalue weighted by Gasteiger charge is -2.21. The molecule has 2 unspecified atom stereocenters. The van der Waals surface area contributed by atoms with Gasteiger partial charge in [0.15, 0.2) is 12.2 Å². The van der Waals surface area contributed by atoms with E-state index in [-0.39, 0.29) is 25.7 Å². The van der Waals surface area contributed by atoms with Crippen LogP contribution in [0.15, 0.2) is 24.3 Å². The summed E-state index contributed by atoms with van der Waals surface area (Å²) in [7, 11) is -9.92. The van der Waals surface area contributed by atoms with Crippen LogP contribution in [0.3, 0.4) is 0 Å². The van der Waals surface area contributed by atoms with E-state index in [1.54, 1.807) is 0 Å². The molecule has 0 fully saturated rings. The Kier molecular flexibility index (Phi) is 65.9. The fourth-order valence-corrected chi connectivity index (χ4v) is 12.6. The molecule has 0 heterocycles. The fourth-order valence-electron chi connectivity index (χ4n) is 11.0. The number of aliphatic hydroxyl groups is 1. The first-order valence-electron chi connectivity index (χ1n) is 38.5. The average Bonchev–Trinajstić information content (AvgIpc) is 2.79. The summed E-state index contributed by atoms with van der Waals surface area (Å²) in [5.41, 5.74) is 0. The lowest BCUT2D eigenvalue weighted by atomic mass is 10.0. The molecule has 3 N–H and O–H groups in total. The molecule has 19 heteroatoms. The smallest absolute Gasteiger partial charge is 0.462 e. The number of unbranched alkanes of at least 4 members (excludes halogenated alkanes) is 42.